The van der Waals surface area contributed by atoms with Crippen LogP contribution in [0.4, 0.5) is 0 Å². The Balaban J connectivity index is 1.37. The summed E-state index contributed by atoms with van der Waals surface area (Å²) in [6.07, 6.45) is 4.00. The van der Waals surface area contributed by atoms with Crippen LogP contribution in [-0.4, -0.2) is 71.0 Å². The summed E-state index contributed by atoms with van der Waals surface area (Å²) < 4.78 is 5.40. The number of benzene rings is 1. The number of amides is 3. The molecule has 2 saturated heterocycles. The molecule has 35 heavy (non-hydrogen) atoms. The van der Waals surface area contributed by atoms with Gasteiger partial charge in [-0.1, -0.05) is 12.5 Å². The van der Waals surface area contributed by atoms with Crippen LogP contribution >= 0.6 is 0 Å². The van der Waals surface area contributed by atoms with Crippen molar-refractivity contribution in [1.29, 1.82) is 0 Å². The smallest absolute Gasteiger partial charge is 0.326 e. The molecule has 1 aromatic heterocycles. The van der Waals surface area contributed by atoms with Gasteiger partial charge in [-0.15, -0.1) is 0 Å². The lowest BCUT2D eigenvalue weighted by molar-refractivity contribution is -0.143. The lowest BCUT2D eigenvalue weighted by Gasteiger charge is -2.37. The van der Waals surface area contributed by atoms with E-state index in [0.29, 0.717) is 37.4 Å². The molecule has 1 saturated carbocycles. The average molecular weight is 483 g/mol. The van der Waals surface area contributed by atoms with Crippen molar-refractivity contribution in [1.82, 2.24) is 20.5 Å². The maximum Gasteiger partial charge on any atom is 0.326 e. The number of ether oxygens (including phenoxy) is 1. The Labute approximate surface area is 202 Å². The third-order valence-corrected chi connectivity index (χ3v) is 7.86. The number of likely N-dealkylation sites (tertiary alicyclic amines) is 1. The third kappa shape index (κ3) is 4.21. The highest BCUT2D eigenvalue weighted by atomic mass is 16.5. The molecule has 5 rings (SSSR count). The molecule has 3 amide bonds. The molecule has 1 aromatic carbocycles. The summed E-state index contributed by atoms with van der Waals surface area (Å²) in [6, 6.07) is 5.27. The first-order valence-corrected chi connectivity index (χ1v) is 12.1. The fourth-order valence-corrected chi connectivity index (χ4v) is 5.76. The number of methoxy groups -OCH3 is 1. The minimum absolute atomic E-state index is 0.0283. The van der Waals surface area contributed by atoms with E-state index in [9.17, 15) is 24.3 Å². The van der Waals surface area contributed by atoms with Crippen LogP contribution in [-0.2, 0) is 14.4 Å². The van der Waals surface area contributed by atoms with Crippen molar-refractivity contribution in [2.75, 3.05) is 20.2 Å². The number of carbonyl (C=O) groups excluding carboxylic acids is 3. The van der Waals surface area contributed by atoms with E-state index in [0.717, 1.165) is 30.2 Å². The molecule has 3 atom stereocenters. The van der Waals surface area contributed by atoms with Gasteiger partial charge in [-0.2, -0.15) is 0 Å². The predicted octanol–water partition coefficient (Wildman–Crippen LogP) is 1.66. The molecule has 2 aliphatic heterocycles. The average Bonchev–Trinajstić information content (AvgIpc) is 3.54. The maximum atomic E-state index is 13.6. The SMILES string of the molecule is COc1cccc2[nH]c(C(=O)N3CC4(CCC4)C[C@H]3C(=O)N[C@@H](C[C@@H]3CCNC3=O)C(=O)O)cc12. The summed E-state index contributed by atoms with van der Waals surface area (Å²) in [7, 11) is 1.57. The fourth-order valence-electron chi connectivity index (χ4n) is 5.76. The van der Waals surface area contributed by atoms with Gasteiger partial charge >= 0.3 is 5.97 Å². The van der Waals surface area contributed by atoms with E-state index < -0.39 is 29.9 Å². The number of nitrogens with one attached hydrogen (secondary N) is 3. The Hall–Kier alpha value is -3.56. The van der Waals surface area contributed by atoms with E-state index in [1.54, 1.807) is 18.1 Å². The van der Waals surface area contributed by atoms with Crippen molar-refractivity contribution in [3.8, 4) is 5.75 Å². The number of aromatic nitrogens is 1. The number of aromatic amines is 1. The van der Waals surface area contributed by atoms with Gasteiger partial charge in [0.05, 0.1) is 7.11 Å². The number of hydrogen-bond donors (Lipinski definition) is 4. The summed E-state index contributed by atoms with van der Waals surface area (Å²) in [5.74, 6) is -1.96. The number of carbonyl (C=O) groups is 4. The fraction of sp³-hybridized carbons (Fsp3) is 0.520. The van der Waals surface area contributed by atoms with E-state index in [1.807, 2.05) is 18.2 Å². The lowest BCUT2D eigenvalue weighted by Crippen LogP contribution is -2.51. The van der Waals surface area contributed by atoms with Gasteiger partial charge in [0.1, 0.15) is 23.5 Å². The van der Waals surface area contributed by atoms with Crippen molar-refractivity contribution < 1.29 is 29.0 Å². The normalized spacial score (nSPS) is 23.7. The van der Waals surface area contributed by atoms with Gasteiger partial charge in [-0.05, 0) is 55.7 Å². The number of hydrogen-bond acceptors (Lipinski definition) is 5. The van der Waals surface area contributed by atoms with Gasteiger partial charge < -0.3 is 30.4 Å². The molecule has 10 nitrogen and oxygen atoms in total. The van der Waals surface area contributed by atoms with Gasteiger partial charge in [0.15, 0.2) is 0 Å². The van der Waals surface area contributed by atoms with E-state index >= 15 is 0 Å². The van der Waals surface area contributed by atoms with E-state index in [2.05, 4.69) is 15.6 Å². The molecule has 3 heterocycles. The molecule has 0 unspecified atom stereocenters. The summed E-state index contributed by atoms with van der Waals surface area (Å²) in [6.45, 7) is 0.964. The number of carboxylic acid groups (broad SMARTS) is 1. The Morgan fingerprint density at radius 2 is 2.11 bits per heavy atom. The zero-order valence-electron chi connectivity index (χ0n) is 19.6. The molecule has 1 aliphatic carbocycles. The Morgan fingerprint density at radius 3 is 2.74 bits per heavy atom. The standard InChI is InChI=1S/C25H30N4O6/c1-35-20-5-2-4-16-15(20)11-17(27-16)23(32)29-13-25(7-3-8-25)12-19(29)22(31)28-18(24(33)34)10-14-6-9-26-21(14)30/h2,4-5,11,14,18-19,27H,3,6-10,12-13H2,1H3,(H,26,30)(H,28,31)(H,33,34)/t14-,18-,19-/m0/s1. The molecule has 10 heteroatoms. The van der Waals surface area contributed by atoms with Gasteiger partial charge in [0, 0.05) is 29.9 Å². The van der Waals surface area contributed by atoms with Crippen molar-refractivity contribution in [2.45, 2.75) is 50.6 Å². The van der Waals surface area contributed by atoms with Crippen molar-refractivity contribution in [3.05, 3.63) is 30.0 Å². The summed E-state index contributed by atoms with van der Waals surface area (Å²) in [5.41, 5.74) is 1.01. The highest BCUT2D eigenvalue weighted by Crippen LogP contribution is 2.50. The molecular formula is C25H30N4O6. The van der Waals surface area contributed by atoms with Crippen LogP contribution in [0.3, 0.4) is 0 Å². The zero-order chi connectivity index (χ0) is 24.7. The lowest BCUT2D eigenvalue weighted by atomic mass is 9.67. The van der Waals surface area contributed by atoms with Crippen LogP contribution in [0.25, 0.3) is 10.9 Å². The number of fused-ring (bicyclic) bond motifs is 1. The topological polar surface area (TPSA) is 141 Å². The Morgan fingerprint density at radius 1 is 1.31 bits per heavy atom. The van der Waals surface area contributed by atoms with E-state index in [-0.39, 0.29) is 23.7 Å². The number of H-pyrrole nitrogens is 1. The van der Waals surface area contributed by atoms with Crippen LogP contribution in [0.2, 0.25) is 0 Å². The Kier molecular flexibility index (Phi) is 5.90. The van der Waals surface area contributed by atoms with Gasteiger partial charge in [0.2, 0.25) is 11.8 Å². The highest BCUT2D eigenvalue weighted by Gasteiger charge is 2.52. The van der Waals surface area contributed by atoms with Crippen LogP contribution in [0, 0.1) is 11.3 Å². The van der Waals surface area contributed by atoms with Gasteiger partial charge in [0.25, 0.3) is 5.91 Å². The minimum atomic E-state index is -1.19. The number of aliphatic carboxylic acids is 1. The van der Waals surface area contributed by atoms with Crippen LogP contribution < -0.4 is 15.4 Å². The van der Waals surface area contributed by atoms with Crippen LogP contribution in [0.1, 0.15) is 49.0 Å². The maximum absolute atomic E-state index is 13.6. The van der Waals surface area contributed by atoms with E-state index in [1.165, 1.54) is 0 Å². The first-order chi connectivity index (χ1) is 16.8. The molecule has 3 aliphatic rings. The van der Waals surface area contributed by atoms with Crippen molar-refractivity contribution in [3.63, 3.8) is 0 Å². The van der Waals surface area contributed by atoms with Crippen LogP contribution in [0.5, 0.6) is 5.75 Å². The largest absolute Gasteiger partial charge is 0.496 e. The number of rotatable bonds is 7. The second-order valence-corrected chi connectivity index (χ2v) is 10.0. The molecule has 186 valence electrons. The number of nitrogens with zero attached hydrogens (tertiary/aromatic N) is 1. The first kappa shape index (κ1) is 23.2. The Bertz CT molecular complexity index is 1190. The quantitative estimate of drug-likeness (QED) is 0.473. The van der Waals surface area contributed by atoms with E-state index in [4.69, 9.17) is 4.74 Å². The monoisotopic (exact) mass is 482 g/mol. The molecule has 0 bridgehead atoms. The summed E-state index contributed by atoms with van der Waals surface area (Å²) >= 11 is 0. The molecule has 0 radical (unpaired) electrons. The number of carboxylic acids is 1. The zero-order valence-corrected chi connectivity index (χ0v) is 19.6. The molecule has 3 fully saturated rings. The first-order valence-electron chi connectivity index (χ1n) is 12.1. The van der Waals surface area contributed by atoms with Crippen molar-refractivity contribution in [2.24, 2.45) is 11.3 Å². The van der Waals surface area contributed by atoms with Gasteiger partial charge in [-0.3, -0.25) is 14.4 Å². The van der Waals surface area contributed by atoms with Crippen molar-refractivity contribution >= 4 is 34.6 Å². The third-order valence-electron chi connectivity index (χ3n) is 7.86. The second-order valence-electron chi connectivity index (χ2n) is 10.0. The molecule has 4 N–H and O–H groups in total. The minimum Gasteiger partial charge on any atom is -0.496 e. The molecule has 1 spiro atoms. The molecule has 2 aromatic rings. The van der Waals surface area contributed by atoms with Gasteiger partial charge in [-0.25, -0.2) is 4.79 Å². The van der Waals surface area contributed by atoms with Crippen LogP contribution in [0.15, 0.2) is 24.3 Å². The molecular weight excluding hydrogens is 452 g/mol. The predicted molar refractivity (Wildman–Crippen MR) is 126 cm³/mol. The highest BCUT2D eigenvalue weighted by molar-refractivity contribution is 6.02. The summed E-state index contributed by atoms with van der Waals surface area (Å²) in [5, 5.41) is 15.8. The summed E-state index contributed by atoms with van der Waals surface area (Å²) in [4.78, 5) is 55.5. The second kappa shape index (κ2) is 8.90.